The number of nitrogen functional groups attached to an aromatic ring is 2. The largest absolute Gasteiger partial charge is 0.368 e. The lowest BCUT2D eigenvalue weighted by molar-refractivity contribution is 0.247. The van der Waals surface area contributed by atoms with Crippen molar-refractivity contribution in [3.63, 3.8) is 0 Å². The average molecular weight is 442 g/mol. The second kappa shape index (κ2) is 14.8. The van der Waals surface area contributed by atoms with Crippen LogP contribution in [0.4, 0.5) is 11.9 Å². The number of nitrogens with zero attached hydrogens (tertiary/aromatic N) is 6. The summed E-state index contributed by atoms with van der Waals surface area (Å²) in [6, 6.07) is 9.47. The molecule has 3 aromatic rings. The van der Waals surface area contributed by atoms with Crippen molar-refractivity contribution in [3.8, 4) is 11.4 Å². The molecule has 0 bridgehead atoms. The average Bonchev–Trinajstić information content (AvgIpc) is 3.33. The van der Waals surface area contributed by atoms with Crippen LogP contribution in [0, 0.1) is 0 Å². The van der Waals surface area contributed by atoms with Crippen LogP contribution in [0.5, 0.6) is 0 Å². The van der Waals surface area contributed by atoms with Gasteiger partial charge in [0, 0.05) is 63.8 Å². The van der Waals surface area contributed by atoms with Crippen LogP contribution in [-0.4, -0.2) is 75.2 Å². The van der Waals surface area contributed by atoms with E-state index in [1.54, 1.807) is 12.5 Å². The summed E-state index contributed by atoms with van der Waals surface area (Å²) < 4.78 is 2.02. The first kappa shape index (κ1) is 25.1. The molecule has 0 atom stereocenters. The van der Waals surface area contributed by atoms with E-state index in [4.69, 9.17) is 22.9 Å². The van der Waals surface area contributed by atoms with Crippen LogP contribution in [0.15, 0.2) is 49.1 Å². The molecule has 0 unspecified atom stereocenters. The molecule has 174 valence electrons. The summed E-state index contributed by atoms with van der Waals surface area (Å²) >= 11 is 0. The third-order valence-electron chi connectivity index (χ3n) is 4.54. The number of hydrogen-bond donors (Lipinski definition) is 5. The molecule has 1 aliphatic heterocycles. The Kier molecular flexibility index (Phi) is 11.6. The number of anilines is 2. The lowest BCUT2D eigenvalue weighted by atomic mass is 10.2. The van der Waals surface area contributed by atoms with Crippen LogP contribution in [0.1, 0.15) is 6.42 Å². The molecule has 0 saturated carbocycles. The van der Waals surface area contributed by atoms with Gasteiger partial charge in [0.15, 0.2) is 5.82 Å². The van der Waals surface area contributed by atoms with Gasteiger partial charge < -0.3 is 32.8 Å². The summed E-state index contributed by atoms with van der Waals surface area (Å²) in [6.07, 6.45) is 6.54. The number of imidazole rings is 1. The SMILES string of the molecule is NCCCn1ccnc1.NCCN1CCNCC1.Nc1nc(N)nc(-c2ccccc2)n1. The Hall–Kier alpha value is -3.12. The van der Waals surface area contributed by atoms with E-state index in [0.29, 0.717) is 5.82 Å². The minimum atomic E-state index is 0.136. The van der Waals surface area contributed by atoms with Gasteiger partial charge in [0.25, 0.3) is 0 Å². The second-order valence-electron chi connectivity index (χ2n) is 7.06. The van der Waals surface area contributed by atoms with Crippen molar-refractivity contribution < 1.29 is 0 Å². The quantitative estimate of drug-likeness (QED) is 0.344. The van der Waals surface area contributed by atoms with Gasteiger partial charge in [-0.25, -0.2) is 4.98 Å². The van der Waals surface area contributed by atoms with Gasteiger partial charge >= 0.3 is 0 Å². The number of piperazine rings is 1. The van der Waals surface area contributed by atoms with Crippen molar-refractivity contribution in [2.24, 2.45) is 11.5 Å². The Bertz CT molecular complexity index is 826. The normalized spacial score (nSPS) is 13.4. The molecule has 11 nitrogen and oxygen atoms in total. The van der Waals surface area contributed by atoms with Gasteiger partial charge in [0.05, 0.1) is 6.33 Å². The van der Waals surface area contributed by atoms with E-state index < -0.39 is 0 Å². The van der Waals surface area contributed by atoms with Gasteiger partial charge in [-0.1, -0.05) is 30.3 Å². The molecular weight excluding hydrogens is 406 g/mol. The molecule has 11 heteroatoms. The number of aromatic nitrogens is 5. The second-order valence-corrected chi connectivity index (χ2v) is 7.06. The van der Waals surface area contributed by atoms with Crippen molar-refractivity contribution in [1.29, 1.82) is 0 Å². The first-order valence-corrected chi connectivity index (χ1v) is 10.7. The van der Waals surface area contributed by atoms with Gasteiger partial charge in [-0.05, 0) is 13.0 Å². The highest BCUT2D eigenvalue weighted by atomic mass is 15.2. The summed E-state index contributed by atoms with van der Waals surface area (Å²) in [7, 11) is 0. The van der Waals surface area contributed by atoms with E-state index in [1.807, 2.05) is 41.1 Å². The molecule has 1 fully saturated rings. The van der Waals surface area contributed by atoms with Crippen LogP contribution in [-0.2, 0) is 6.54 Å². The molecule has 0 aliphatic carbocycles. The predicted octanol–water partition coefficient (Wildman–Crippen LogP) is -0.215. The fraction of sp³-hybridized carbons (Fsp3) is 0.429. The first-order chi connectivity index (χ1) is 15.6. The van der Waals surface area contributed by atoms with Crippen LogP contribution >= 0.6 is 0 Å². The lowest BCUT2D eigenvalue weighted by Crippen LogP contribution is -2.45. The summed E-state index contributed by atoms with van der Waals surface area (Å²) in [5.74, 6) is 0.767. The molecule has 0 radical (unpaired) electrons. The number of aryl methyl sites for hydroxylation is 1. The minimum Gasteiger partial charge on any atom is -0.368 e. The van der Waals surface area contributed by atoms with E-state index in [1.165, 1.54) is 0 Å². The molecule has 4 rings (SSSR count). The van der Waals surface area contributed by atoms with E-state index in [9.17, 15) is 0 Å². The fourth-order valence-corrected chi connectivity index (χ4v) is 2.94. The Morgan fingerprint density at radius 2 is 1.56 bits per heavy atom. The summed E-state index contributed by atoms with van der Waals surface area (Å²) in [4.78, 5) is 17.9. The third-order valence-corrected chi connectivity index (χ3v) is 4.54. The van der Waals surface area contributed by atoms with Crippen molar-refractivity contribution in [2.75, 3.05) is 57.3 Å². The Morgan fingerprint density at radius 3 is 2.12 bits per heavy atom. The zero-order valence-corrected chi connectivity index (χ0v) is 18.5. The minimum absolute atomic E-state index is 0.136. The van der Waals surface area contributed by atoms with Crippen LogP contribution in [0.2, 0.25) is 0 Å². The standard InChI is InChI=1S/C9H9N5.C6H15N3.C6H11N3/c10-8-12-7(13-9(11)14-8)6-4-2-1-3-5-6;7-1-4-9-5-2-8-3-6-9;7-2-1-4-9-5-3-8-6-9/h1-5H,(H4,10,11,12,13,14);8H,1-7H2;3,5-6H,1-2,4,7H2. The first-order valence-electron chi connectivity index (χ1n) is 10.7. The maximum Gasteiger partial charge on any atom is 0.225 e. The van der Waals surface area contributed by atoms with E-state index in [2.05, 4.69) is 30.2 Å². The van der Waals surface area contributed by atoms with Crippen molar-refractivity contribution >= 4 is 11.9 Å². The van der Waals surface area contributed by atoms with Gasteiger partial charge in [0.1, 0.15) is 0 Å². The van der Waals surface area contributed by atoms with E-state index >= 15 is 0 Å². The fourth-order valence-electron chi connectivity index (χ4n) is 2.94. The van der Waals surface area contributed by atoms with Gasteiger partial charge in [0.2, 0.25) is 11.9 Å². The maximum atomic E-state index is 5.45. The Morgan fingerprint density at radius 1 is 0.875 bits per heavy atom. The maximum absolute atomic E-state index is 5.45. The number of nitrogens with one attached hydrogen (secondary N) is 1. The number of rotatable bonds is 6. The van der Waals surface area contributed by atoms with Crippen LogP contribution in [0.3, 0.4) is 0 Å². The summed E-state index contributed by atoms with van der Waals surface area (Å²) in [5, 5.41) is 3.29. The molecular formula is C21H35N11. The van der Waals surface area contributed by atoms with Crippen molar-refractivity contribution in [2.45, 2.75) is 13.0 Å². The van der Waals surface area contributed by atoms with Crippen LogP contribution < -0.4 is 28.3 Å². The number of benzene rings is 1. The topological polar surface area (TPSA) is 176 Å². The van der Waals surface area contributed by atoms with E-state index in [-0.39, 0.29) is 11.9 Å². The van der Waals surface area contributed by atoms with Gasteiger partial charge in [-0.15, -0.1) is 0 Å². The molecule has 0 amide bonds. The number of nitrogens with two attached hydrogens (primary N) is 4. The summed E-state index contributed by atoms with van der Waals surface area (Å²) in [5.41, 5.74) is 22.5. The smallest absolute Gasteiger partial charge is 0.225 e. The zero-order valence-electron chi connectivity index (χ0n) is 18.5. The van der Waals surface area contributed by atoms with Gasteiger partial charge in [-0.2, -0.15) is 15.0 Å². The number of hydrogen-bond acceptors (Lipinski definition) is 10. The summed E-state index contributed by atoms with van der Waals surface area (Å²) in [6.45, 7) is 8.16. The highest BCUT2D eigenvalue weighted by Gasteiger charge is 2.06. The monoisotopic (exact) mass is 441 g/mol. The lowest BCUT2D eigenvalue weighted by Gasteiger charge is -2.26. The van der Waals surface area contributed by atoms with Crippen molar-refractivity contribution in [1.82, 2.24) is 34.7 Å². The highest BCUT2D eigenvalue weighted by Crippen LogP contribution is 2.14. The highest BCUT2D eigenvalue weighted by molar-refractivity contribution is 5.56. The molecule has 9 N–H and O–H groups in total. The molecule has 1 saturated heterocycles. The molecule has 32 heavy (non-hydrogen) atoms. The Balaban J connectivity index is 0.000000178. The molecule has 1 aromatic carbocycles. The Labute approximate surface area is 189 Å². The third kappa shape index (κ3) is 9.79. The molecule has 0 spiro atoms. The van der Waals surface area contributed by atoms with Crippen LogP contribution in [0.25, 0.3) is 11.4 Å². The van der Waals surface area contributed by atoms with Crippen molar-refractivity contribution in [3.05, 3.63) is 49.1 Å². The van der Waals surface area contributed by atoms with E-state index in [0.717, 1.165) is 64.3 Å². The molecule has 1 aliphatic rings. The van der Waals surface area contributed by atoms with Gasteiger partial charge in [-0.3, -0.25) is 4.90 Å². The molecule has 2 aromatic heterocycles. The predicted molar refractivity (Wildman–Crippen MR) is 128 cm³/mol. The zero-order chi connectivity index (χ0) is 23.0. The molecule has 3 heterocycles.